The molecule has 160 valence electrons. The monoisotopic (exact) mass is 483 g/mol. The van der Waals surface area contributed by atoms with Crippen molar-refractivity contribution in [3.05, 3.63) is 6.33 Å². The summed E-state index contributed by atoms with van der Waals surface area (Å²) >= 11 is 18.9. The fraction of sp³-hybridized carbons (Fsp3) is 0.667. The minimum absolute atomic E-state index is 0.0216. The van der Waals surface area contributed by atoms with Gasteiger partial charge in [-0.25, -0.2) is 4.98 Å². The molecule has 0 unspecified atom stereocenters. The van der Waals surface area contributed by atoms with Crippen molar-refractivity contribution >= 4 is 58.8 Å². The Hall–Kier alpha value is -0.780. The minimum atomic E-state index is -3.00. The Balaban J connectivity index is 1.70. The second-order valence-corrected chi connectivity index (χ2v) is 11.1. The summed E-state index contributed by atoms with van der Waals surface area (Å²) in [5, 5.41) is 0. The summed E-state index contributed by atoms with van der Waals surface area (Å²) in [6.45, 7) is 3.04. The van der Waals surface area contributed by atoms with Gasteiger partial charge in [-0.15, -0.1) is 0 Å². The lowest BCUT2D eigenvalue weighted by atomic mass is 10.2. The van der Waals surface area contributed by atoms with Crippen LogP contribution in [0.25, 0.3) is 11.2 Å². The predicted octanol–water partition coefficient (Wildman–Crippen LogP) is 2.94. The van der Waals surface area contributed by atoms with Crippen LogP contribution in [0, 0.1) is 0 Å². The normalized spacial score (nSPS) is 31.3. The number of aromatic nitrogens is 4. The molecule has 2 N–H and O–H groups in total. The van der Waals surface area contributed by atoms with Crippen LogP contribution in [0.2, 0.25) is 0 Å². The van der Waals surface area contributed by atoms with Gasteiger partial charge in [0, 0.05) is 0 Å². The van der Waals surface area contributed by atoms with E-state index < -0.39 is 29.5 Å². The smallest absolute Gasteiger partial charge is 0.327 e. The van der Waals surface area contributed by atoms with Gasteiger partial charge in [-0.1, -0.05) is 23.2 Å². The lowest BCUT2D eigenvalue weighted by Gasteiger charge is -2.36. The van der Waals surface area contributed by atoms with Crippen molar-refractivity contribution in [2.24, 2.45) is 0 Å². The first-order valence-corrected chi connectivity index (χ1v) is 12.2. The van der Waals surface area contributed by atoms with Crippen molar-refractivity contribution < 1.29 is 23.0 Å². The van der Waals surface area contributed by atoms with E-state index in [2.05, 4.69) is 15.0 Å². The van der Waals surface area contributed by atoms with Crippen LogP contribution in [0.4, 0.5) is 5.95 Å². The molecule has 10 nitrogen and oxygen atoms in total. The van der Waals surface area contributed by atoms with Crippen LogP contribution in [0.3, 0.4) is 0 Å². The second-order valence-electron chi connectivity index (χ2n) is 6.77. The maximum absolute atomic E-state index is 6.72. The Kier molecular flexibility index (Phi) is 5.71. The van der Waals surface area contributed by atoms with Crippen LogP contribution in [0.1, 0.15) is 27.0 Å². The largest absolute Gasteiger partial charge is 0.476 e. The van der Waals surface area contributed by atoms with Crippen LogP contribution in [-0.4, -0.2) is 55.4 Å². The topological polar surface area (TPSA) is 116 Å². The van der Waals surface area contributed by atoms with Gasteiger partial charge in [0.15, 0.2) is 21.7 Å². The lowest BCUT2D eigenvalue weighted by Crippen LogP contribution is -2.42. The van der Waals surface area contributed by atoms with E-state index in [1.54, 1.807) is 4.57 Å². The van der Waals surface area contributed by atoms with Crippen molar-refractivity contribution in [1.29, 1.82) is 0 Å². The number of alkyl halides is 2. The number of nitrogens with zero attached hydrogens (tertiary/aromatic N) is 4. The van der Waals surface area contributed by atoms with E-state index in [0.29, 0.717) is 17.8 Å². The summed E-state index contributed by atoms with van der Waals surface area (Å²) in [6.07, 6.45) is -0.893. The maximum atomic E-state index is 6.72. The molecule has 4 rings (SSSR count). The first-order valence-electron chi connectivity index (χ1n) is 8.92. The zero-order valence-corrected chi connectivity index (χ0v) is 19.0. The Morgan fingerprint density at radius 1 is 1.45 bits per heavy atom. The third kappa shape index (κ3) is 3.83. The quantitative estimate of drug-likeness (QED) is 0.502. The Labute approximate surface area is 182 Å². The number of hydrogen-bond donors (Lipinski definition) is 1. The summed E-state index contributed by atoms with van der Waals surface area (Å²) < 4.78 is 28.9. The number of hydrogen-bond acceptors (Lipinski definition) is 10. The number of nitrogen functional groups attached to an aromatic ring is 1. The zero-order valence-electron chi connectivity index (χ0n) is 15.8. The molecule has 4 heterocycles. The van der Waals surface area contributed by atoms with Crippen LogP contribution in [-0.2, 0) is 30.1 Å². The van der Waals surface area contributed by atoms with Gasteiger partial charge in [0.05, 0.1) is 25.6 Å². The van der Waals surface area contributed by atoms with Gasteiger partial charge >= 0.3 is 6.72 Å². The summed E-state index contributed by atoms with van der Waals surface area (Å²) in [5.41, 5.74) is 6.61. The van der Waals surface area contributed by atoms with E-state index >= 15 is 0 Å². The molecule has 2 fully saturated rings. The maximum Gasteiger partial charge on any atom is 0.327 e. The molecule has 29 heavy (non-hydrogen) atoms. The van der Waals surface area contributed by atoms with E-state index in [1.165, 1.54) is 6.33 Å². The highest BCUT2D eigenvalue weighted by Gasteiger charge is 2.61. The van der Waals surface area contributed by atoms with E-state index in [0.717, 1.165) is 0 Å². The number of nitrogens with two attached hydrogens (primary N) is 1. The molecule has 0 spiro atoms. The standard InChI is InChI=1S/C15H20Cl2N5O5PS/c1-4-23-12-9-11(20-14(18)21-12)22(6-19-9)13-15(16,17)10-8(25-13)5-24-28(29,27-10)26-7(2)3/h6-8,10,13H,4-5H2,1-3H3,(H2,18,20,21)/t8-,10-,13-,28-/m1/s1. The number of ether oxygens (including phenoxy) is 2. The van der Waals surface area contributed by atoms with E-state index in [4.69, 9.17) is 63.8 Å². The van der Waals surface area contributed by atoms with Gasteiger partial charge in [-0.05, 0) is 32.6 Å². The average molecular weight is 484 g/mol. The molecule has 0 radical (unpaired) electrons. The van der Waals surface area contributed by atoms with Gasteiger partial charge in [-0.3, -0.25) is 9.09 Å². The van der Waals surface area contributed by atoms with Gasteiger partial charge in [0.2, 0.25) is 11.8 Å². The molecule has 0 aromatic carbocycles. The summed E-state index contributed by atoms with van der Waals surface area (Å²) in [4.78, 5) is 12.7. The number of fused-ring (bicyclic) bond motifs is 2. The number of imidazole rings is 1. The molecule has 2 aromatic rings. The first-order chi connectivity index (χ1) is 13.6. The fourth-order valence-electron chi connectivity index (χ4n) is 3.20. The molecule has 0 bridgehead atoms. The highest BCUT2D eigenvalue weighted by Crippen LogP contribution is 2.62. The molecule has 2 saturated heterocycles. The predicted molar refractivity (Wildman–Crippen MR) is 111 cm³/mol. The van der Waals surface area contributed by atoms with Crippen LogP contribution >= 0.6 is 29.9 Å². The molecule has 2 aliphatic rings. The van der Waals surface area contributed by atoms with Crippen LogP contribution in [0.5, 0.6) is 5.88 Å². The van der Waals surface area contributed by atoms with Gasteiger partial charge in [0.25, 0.3) is 0 Å². The molecular formula is C15H20Cl2N5O5PS. The summed E-state index contributed by atoms with van der Waals surface area (Å²) in [6, 6.07) is 0. The number of halogens is 2. The molecule has 2 aromatic heterocycles. The minimum Gasteiger partial charge on any atom is -0.476 e. The molecule has 4 atom stereocenters. The van der Waals surface area contributed by atoms with E-state index in [1.807, 2.05) is 20.8 Å². The zero-order chi connectivity index (χ0) is 21.0. The Morgan fingerprint density at radius 3 is 2.90 bits per heavy atom. The van der Waals surface area contributed by atoms with Gasteiger partial charge in [-0.2, -0.15) is 9.97 Å². The van der Waals surface area contributed by atoms with Gasteiger partial charge < -0.3 is 24.3 Å². The first kappa shape index (κ1) is 21.5. The van der Waals surface area contributed by atoms with Crippen molar-refractivity contribution in [3.63, 3.8) is 0 Å². The summed E-state index contributed by atoms with van der Waals surface area (Å²) in [7, 11) is 0. The lowest BCUT2D eigenvalue weighted by molar-refractivity contribution is -0.0632. The van der Waals surface area contributed by atoms with Crippen LogP contribution in [0.15, 0.2) is 6.33 Å². The third-order valence-electron chi connectivity index (χ3n) is 4.27. The molecule has 0 saturated carbocycles. The van der Waals surface area contributed by atoms with Crippen molar-refractivity contribution in [3.8, 4) is 5.88 Å². The highest BCUT2D eigenvalue weighted by molar-refractivity contribution is 8.07. The SMILES string of the molecule is CCOc1nc(N)nc2c1ncn2[C@@H]1O[C@@H]2CO[P@@](=S)(OC(C)C)O[C@H]2C1(Cl)Cl. The summed E-state index contributed by atoms with van der Waals surface area (Å²) in [5.74, 6) is 0.285. The van der Waals surface area contributed by atoms with Gasteiger partial charge in [0.1, 0.15) is 12.2 Å². The Morgan fingerprint density at radius 2 is 2.21 bits per heavy atom. The highest BCUT2D eigenvalue weighted by atomic mass is 35.5. The molecule has 0 amide bonds. The van der Waals surface area contributed by atoms with Crippen molar-refractivity contribution in [2.45, 2.75) is 49.6 Å². The Bertz CT molecular complexity index is 976. The van der Waals surface area contributed by atoms with E-state index in [-0.39, 0.29) is 24.5 Å². The number of rotatable bonds is 5. The number of anilines is 1. The molecule has 0 aliphatic carbocycles. The van der Waals surface area contributed by atoms with E-state index in [9.17, 15) is 0 Å². The second kappa shape index (κ2) is 7.72. The van der Waals surface area contributed by atoms with Crippen LogP contribution < -0.4 is 10.5 Å². The van der Waals surface area contributed by atoms with Crippen molar-refractivity contribution in [2.75, 3.05) is 18.9 Å². The molecule has 2 aliphatic heterocycles. The fourth-order valence-corrected chi connectivity index (χ4v) is 6.58. The van der Waals surface area contributed by atoms with Crippen molar-refractivity contribution in [1.82, 2.24) is 19.5 Å². The third-order valence-corrected chi connectivity index (χ3v) is 7.54. The molecular weight excluding hydrogens is 464 g/mol. The average Bonchev–Trinajstić information content (AvgIpc) is 3.13. The molecule has 14 heteroatoms.